The first kappa shape index (κ1) is 13.4. The molecular formula is C17H10F3N. The molecule has 0 radical (unpaired) electrons. The van der Waals surface area contributed by atoms with E-state index in [0.717, 1.165) is 17.2 Å². The Morgan fingerprint density at radius 3 is 2.19 bits per heavy atom. The molecule has 0 unspecified atom stereocenters. The summed E-state index contributed by atoms with van der Waals surface area (Å²) in [5.74, 6) is -3.16. The summed E-state index contributed by atoms with van der Waals surface area (Å²) in [7, 11) is 0. The zero-order valence-corrected chi connectivity index (χ0v) is 10.9. The molecule has 3 rings (SSSR count). The standard InChI is InChI=1S/C17H10F3N/c18-13-8-14(17(20)15(19)9-13)16-7-6-12(10-21-16)11-4-2-1-3-5-11/h1-10H. The zero-order valence-electron chi connectivity index (χ0n) is 10.9. The first-order valence-corrected chi connectivity index (χ1v) is 6.31. The van der Waals surface area contributed by atoms with Crippen LogP contribution >= 0.6 is 0 Å². The van der Waals surface area contributed by atoms with Crippen molar-refractivity contribution in [3.8, 4) is 22.4 Å². The van der Waals surface area contributed by atoms with Gasteiger partial charge in [-0.05, 0) is 17.7 Å². The molecule has 21 heavy (non-hydrogen) atoms. The molecule has 1 aromatic heterocycles. The summed E-state index contributed by atoms with van der Waals surface area (Å²) >= 11 is 0. The molecule has 0 N–H and O–H groups in total. The number of halogens is 3. The van der Waals surface area contributed by atoms with Gasteiger partial charge in [0.2, 0.25) is 0 Å². The van der Waals surface area contributed by atoms with Gasteiger partial charge in [0.25, 0.3) is 0 Å². The molecule has 0 aliphatic heterocycles. The van der Waals surface area contributed by atoms with Gasteiger partial charge < -0.3 is 0 Å². The van der Waals surface area contributed by atoms with Crippen LogP contribution in [0.4, 0.5) is 13.2 Å². The normalized spacial score (nSPS) is 10.6. The molecule has 0 aliphatic carbocycles. The average Bonchev–Trinajstić information content (AvgIpc) is 2.52. The van der Waals surface area contributed by atoms with Crippen LogP contribution in [0.3, 0.4) is 0 Å². The third kappa shape index (κ3) is 2.65. The monoisotopic (exact) mass is 285 g/mol. The van der Waals surface area contributed by atoms with Crippen molar-refractivity contribution in [3.05, 3.63) is 78.2 Å². The van der Waals surface area contributed by atoms with Crippen molar-refractivity contribution in [3.63, 3.8) is 0 Å². The molecule has 0 atom stereocenters. The quantitative estimate of drug-likeness (QED) is 0.614. The Kier molecular flexibility index (Phi) is 3.44. The summed E-state index contributed by atoms with van der Waals surface area (Å²) in [5, 5.41) is 0. The number of benzene rings is 2. The second-order valence-electron chi connectivity index (χ2n) is 4.55. The Balaban J connectivity index is 2.02. The fourth-order valence-electron chi connectivity index (χ4n) is 2.10. The Morgan fingerprint density at radius 2 is 1.52 bits per heavy atom. The second kappa shape index (κ2) is 5.40. The molecule has 0 amide bonds. The van der Waals surface area contributed by atoms with Crippen LogP contribution in [0.5, 0.6) is 0 Å². The van der Waals surface area contributed by atoms with Crippen molar-refractivity contribution < 1.29 is 13.2 Å². The van der Waals surface area contributed by atoms with Gasteiger partial charge in [0.1, 0.15) is 5.82 Å². The Bertz CT molecular complexity index is 768. The lowest BCUT2D eigenvalue weighted by atomic mass is 10.1. The minimum atomic E-state index is -1.22. The summed E-state index contributed by atoms with van der Waals surface area (Å²) in [5.41, 5.74) is 1.80. The fourth-order valence-corrected chi connectivity index (χ4v) is 2.10. The van der Waals surface area contributed by atoms with Gasteiger partial charge in [-0.2, -0.15) is 0 Å². The highest BCUT2D eigenvalue weighted by atomic mass is 19.2. The smallest absolute Gasteiger partial charge is 0.168 e. The molecule has 2 aromatic carbocycles. The van der Waals surface area contributed by atoms with E-state index in [-0.39, 0.29) is 11.3 Å². The Hall–Kier alpha value is -2.62. The third-order valence-corrected chi connectivity index (χ3v) is 3.14. The van der Waals surface area contributed by atoms with Gasteiger partial charge in [0, 0.05) is 23.4 Å². The average molecular weight is 285 g/mol. The lowest BCUT2D eigenvalue weighted by Crippen LogP contribution is -1.94. The second-order valence-corrected chi connectivity index (χ2v) is 4.55. The first-order valence-electron chi connectivity index (χ1n) is 6.31. The maximum absolute atomic E-state index is 13.7. The minimum absolute atomic E-state index is 0.186. The van der Waals surface area contributed by atoms with Crippen LogP contribution in [0.15, 0.2) is 60.8 Å². The van der Waals surface area contributed by atoms with Gasteiger partial charge in [0.05, 0.1) is 5.69 Å². The van der Waals surface area contributed by atoms with Crippen LogP contribution in [-0.2, 0) is 0 Å². The molecule has 0 spiro atoms. The van der Waals surface area contributed by atoms with Crippen LogP contribution in [0, 0.1) is 17.5 Å². The number of nitrogens with zero attached hydrogens (tertiary/aromatic N) is 1. The highest BCUT2D eigenvalue weighted by molar-refractivity contribution is 5.67. The van der Waals surface area contributed by atoms with Gasteiger partial charge in [-0.25, -0.2) is 13.2 Å². The van der Waals surface area contributed by atoms with E-state index >= 15 is 0 Å². The number of rotatable bonds is 2. The van der Waals surface area contributed by atoms with Crippen molar-refractivity contribution in [1.82, 2.24) is 4.98 Å². The summed E-state index contributed by atoms with van der Waals surface area (Å²) < 4.78 is 40.1. The molecular weight excluding hydrogens is 275 g/mol. The van der Waals surface area contributed by atoms with E-state index in [1.165, 1.54) is 0 Å². The van der Waals surface area contributed by atoms with Gasteiger partial charge >= 0.3 is 0 Å². The number of pyridine rings is 1. The largest absolute Gasteiger partial charge is 0.256 e. The van der Waals surface area contributed by atoms with Gasteiger partial charge in [-0.1, -0.05) is 36.4 Å². The molecule has 1 heterocycles. The van der Waals surface area contributed by atoms with Gasteiger partial charge in [-0.15, -0.1) is 0 Å². The topological polar surface area (TPSA) is 12.9 Å². The number of hydrogen-bond donors (Lipinski definition) is 0. The SMILES string of the molecule is Fc1cc(F)c(F)c(-c2ccc(-c3ccccc3)cn2)c1. The molecule has 3 aromatic rings. The van der Waals surface area contributed by atoms with Gasteiger partial charge in [0.15, 0.2) is 11.6 Å². The molecule has 4 heteroatoms. The Labute approximate surface area is 119 Å². The van der Waals surface area contributed by atoms with Crippen molar-refractivity contribution in [2.24, 2.45) is 0 Å². The number of hydrogen-bond acceptors (Lipinski definition) is 1. The van der Waals surface area contributed by atoms with Crippen LogP contribution in [0.1, 0.15) is 0 Å². The van der Waals surface area contributed by atoms with Crippen LogP contribution in [0.25, 0.3) is 22.4 Å². The van der Waals surface area contributed by atoms with Gasteiger partial charge in [-0.3, -0.25) is 4.98 Å². The maximum Gasteiger partial charge on any atom is 0.168 e. The van der Waals surface area contributed by atoms with E-state index in [0.29, 0.717) is 6.07 Å². The molecule has 0 fully saturated rings. The molecule has 0 aliphatic rings. The Morgan fingerprint density at radius 1 is 0.762 bits per heavy atom. The highest BCUT2D eigenvalue weighted by Crippen LogP contribution is 2.26. The molecule has 0 bridgehead atoms. The summed E-state index contributed by atoms with van der Waals surface area (Å²) in [6.45, 7) is 0. The third-order valence-electron chi connectivity index (χ3n) is 3.14. The van der Waals surface area contributed by atoms with Crippen LogP contribution in [0.2, 0.25) is 0 Å². The molecule has 104 valence electrons. The van der Waals surface area contributed by atoms with E-state index in [2.05, 4.69) is 4.98 Å². The van der Waals surface area contributed by atoms with Crippen molar-refractivity contribution in [2.45, 2.75) is 0 Å². The summed E-state index contributed by atoms with van der Waals surface area (Å²) in [4.78, 5) is 4.10. The minimum Gasteiger partial charge on any atom is -0.256 e. The van der Waals surface area contributed by atoms with Crippen molar-refractivity contribution in [1.29, 1.82) is 0 Å². The predicted octanol–water partition coefficient (Wildman–Crippen LogP) is 4.83. The van der Waals surface area contributed by atoms with Crippen molar-refractivity contribution in [2.75, 3.05) is 0 Å². The maximum atomic E-state index is 13.7. The molecule has 0 saturated carbocycles. The van der Waals surface area contributed by atoms with Crippen LogP contribution < -0.4 is 0 Å². The first-order chi connectivity index (χ1) is 10.1. The zero-order chi connectivity index (χ0) is 14.8. The number of aromatic nitrogens is 1. The highest BCUT2D eigenvalue weighted by Gasteiger charge is 2.13. The van der Waals surface area contributed by atoms with Crippen molar-refractivity contribution >= 4 is 0 Å². The van der Waals surface area contributed by atoms with Crippen LogP contribution in [-0.4, -0.2) is 4.98 Å². The summed E-state index contributed by atoms with van der Waals surface area (Å²) in [6, 6.07) is 14.2. The van der Waals surface area contributed by atoms with E-state index in [1.54, 1.807) is 18.3 Å². The molecule has 0 saturated heterocycles. The lowest BCUT2D eigenvalue weighted by molar-refractivity contribution is 0.497. The van der Waals surface area contributed by atoms with E-state index in [1.807, 2.05) is 30.3 Å². The van der Waals surface area contributed by atoms with E-state index in [4.69, 9.17) is 0 Å². The lowest BCUT2D eigenvalue weighted by Gasteiger charge is -2.06. The fraction of sp³-hybridized carbons (Fsp3) is 0. The van der Waals surface area contributed by atoms with E-state index < -0.39 is 17.5 Å². The predicted molar refractivity (Wildman–Crippen MR) is 75.0 cm³/mol. The van der Waals surface area contributed by atoms with E-state index in [9.17, 15) is 13.2 Å². The summed E-state index contributed by atoms with van der Waals surface area (Å²) in [6.07, 6.45) is 1.55. The molecule has 1 nitrogen and oxygen atoms in total.